The second-order valence-electron chi connectivity index (χ2n) is 7.75. The van der Waals surface area contributed by atoms with Gasteiger partial charge in [0.1, 0.15) is 5.75 Å². The van der Waals surface area contributed by atoms with Gasteiger partial charge in [0.2, 0.25) is 0 Å². The lowest BCUT2D eigenvalue weighted by molar-refractivity contribution is 0.102. The standard InChI is InChI=1S/C29H22N2O2/c1-20-11-5-6-14-22(20)27-19-24(23-15-7-8-16-25(23)30-27)29(32)31-26-17-9-10-18-28(26)33-21-12-3-2-4-13-21/h2-19H,1H3,(H,31,32). The normalized spacial score (nSPS) is 10.7. The van der Waals surface area contributed by atoms with Gasteiger partial charge in [0.05, 0.1) is 22.5 Å². The fraction of sp³-hybridized carbons (Fsp3) is 0.0345. The molecule has 33 heavy (non-hydrogen) atoms. The summed E-state index contributed by atoms with van der Waals surface area (Å²) in [6, 6.07) is 34.5. The van der Waals surface area contributed by atoms with E-state index in [0.717, 1.165) is 27.7 Å². The number of carbonyl (C=O) groups is 1. The minimum atomic E-state index is -0.215. The Morgan fingerprint density at radius 1 is 0.788 bits per heavy atom. The Kier molecular flexibility index (Phi) is 5.56. The Labute approximate surface area is 192 Å². The van der Waals surface area contributed by atoms with Crippen LogP contribution in [-0.2, 0) is 0 Å². The van der Waals surface area contributed by atoms with Crippen molar-refractivity contribution >= 4 is 22.5 Å². The van der Waals surface area contributed by atoms with E-state index in [2.05, 4.69) is 5.32 Å². The van der Waals surface area contributed by atoms with E-state index in [4.69, 9.17) is 9.72 Å². The van der Waals surface area contributed by atoms with Crippen molar-refractivity contribution in [3.63, 3.8) is 0 Å². The van der Waals surface area contributed by atoms with Crippen molar-refractivity contribution in [1.29, 1.82) is 0 Å². The van der Waals surface area contributed by atoms with Gasteiger partial charge in [-0.25, -0.2) is 4.98 Å². The molecule has 1 amide bonds. The van der Waals surface area contributed by atoms with Crippen molar-refractivity contribution in [2.24, 2.45) is 0 Å². The molecule has 0 fully saturated rings. The molecule has 0 saturated carbocycles. The number of amides is 1. The number of fused-ring (bicyclic) bond motifs is 1. The number of aryl methyl sites for hydroxylation is 1. The van der Waals surface area contributed by atoms with Gasteiger partial charge in [-0.3, -0.25) is 4.79 Å². The highest BCUT2D eigenvalue weighted by atomic mass is 16.5. The number of nitrogens with zero attached hydrogens (tertiary/aromatic N) is 1. The lowest BCUT2D eigenvalue weighted by Gasteiger charge is -2.14. The maximum atomic E-state index is 13.5. The van der Waals surface area contributed by atoms with Crippen molar-refractivity contribution in [2.45, 2.75) is 6.92 Å². The average molecular weight is 431 g/mol. The molecule has 4 aromatic carbocycles. The molecule has 4 heteroatoms. The van der Waals surface area contributed by atoms with Crippen LogP contribution in [0.3, 0.4) is 0 Å². The second-order valence-corrected chi connectivity index (χ2v) is 7.75. The van der Waals surface area contributed by atoms with Gasteiger partial charge in [-0.05, 0) is 48.9 Å². The zero-order chi connectivity index (χ0) is 22.6. The molecule has 0 spiro atoms. The predicted molar refractivity (Wildman–Crippen MR) is 133 cm³/mol. The fourth-order valence-corrected chi connectivity index (χ4v) is 3.83. The molecule has 1 heterocycles. The van der Waals surface area contributed by atoms with Crippen LogP contribution in [0, 0.1) is 6.92 Å². The monoisotopic (exact) mass is 430 g/mol. The van der Waals surface area contributed by atoms with E-state index in [1.54, 1.807) is 0 Å². The van der Waals surface area contributed by atoms with E-state index in [1.165, 1.54) is 0 Å². The Morgan fingerprint density at radius 3 is 2.33 bits per heavy atom. The van der Waals surface area contributed by atoms with E-state index in [-0.39, 0.29) is 5.91 Å². The summed E-state index contributed by atoms with van der Waals surface area (Å²) in [5.41, 5.74) is 4.82. The van der Waals surface area contributed by atoms with Crippen LogP contribution in [0.1, 0.15) is 15.9 Å². The highest BCUT2D eigenvalue weighted by molar-refractivity contribution is 6.13. The number of para-hydroxylation sites is 4. The van der Waals surface area contributed by atoms with Crippen LogP contribution >= 0.6 is 0 Å². The first-order chi connectivity index (χ1) is 16.2. The summed E-state index contributed by atoms with van der Waals surface area (Å²) < 4.78 is 6.02. The van der Waals surface area contributed by atoms with E-state index in [1.807, 2.05) is 116 Å². The highest BCUT2D eigenvalue weighted by Crippen LogP contribution is 2.31. The van der Waals surface area contributed by atoms with Crippen LogP contribution in [0.4, 0.5) is 5.69 Å². The Balaban J connectivity index is 1.54. The van der Waals surface area contributed by atoms with Crippen LogP contribution in [0.15, 0.2) is 109 Å². The van der Waals surface area contributed by atoms with E-state index in [0.29, 0.717) is 22.7 Å². The Morgan fingerprint density at radius 2 is 1.48 bits per heavy atom. The summed E-state index contributed by atoms with van der Waals surface area (Å²) in [5.74, 6) is 1.07. The number of rotatable bonds is 5. The fourth-order valence-electron chi connectivity index (χ4n) is 3.83. The van der Waals surface area contributed by atoms with Gasteiger partial charge in [0, 0.05) is 10.9 Å². The highest BCUT2D eigenvalue weighted by Gasteiger charge is 2.16. The number of carbonyl (C=O) groups excluding carboxylic acids is 1. The Bertz CT molecular complexity index is 1440. The number of pyridine rings is 1. The number of hydrogen-bond donors (Lipinski definition) is 1. The zero-order valence-corrected chi connectivity index (χ0v) is 18.2. The summed E-state index contributed by atoms with van der Waals surface area (Å²) in [6.07, 6.45) is 0. The lowest BCUT2D eigenvalue weighted by Crippen LogP contribution is -2.13. The minimum Gasteiger partial charge on any atom is -0.455 e. The molecule has 1 aromatic heterocycles. The third kappa shape index (κ3) is 4.32. The smallest absolute Gasteiger partial charge is 0.256 e. The van der Waals surface area contributed by atoms with E-state index in [9.17, 15) is 4.79 Å². The molecule has 0 radical (unpaired) electrons. The molecule has 0 saturated heterocycles. The summed E-state index contributed by atoms with van der Waals surface area (Å²) in [5, 5.41) is 3.84. The topological polar surface area (TPSA) is 51.2 Å². The van der Waals surface area contributed by atoms with Crippen LogP contribution in [0.2, 0.25) is 0 Å². The van der Waals surface area contributed by atoms with Gasteiger partial charge < -0.3 is 10.1 Å². The van der Waals surface area contributed by atoms with Crippen LogP contribution in [-0.4, -0.2) is 10.9 Å². The molecule has 5 aromatic rings. The third-order valence-electron chi connectivity index (χ3n) is 5.49. The van der Waals surface area contributed by atoms with Gasteiger partial charge in [0.15, 0.2) is 5.75 Å². The second kappa shape index (κ2) is 8.97. The van der Waals surface area contributed by atoms with Crippen molar-refractivity contribution in [3.05, 3.63) is 120 Å². The number of anilines is 1. The lowest BCUT2D eigenvalue weighted by atomic mass is 10.0. The van der Waals surface area contributed by atoms with Crippen molar-refractivity contribution < 1.29 is 9.53 Å². The molecular weight excluding hydrogens is 408 g/mol. The van der Waals surface area contributed by atoms with E-state index < -0.39 is 0 Å². The predicted octanol–water partition coefficient (Wildman–Crippen LogP) is 7.25. The molecule has 1 N–H and O–H groups in total. The zero-order valence-electron chi connectivity index (χ0n) is 18.2. The third-order valence-corrected chi connectivity index (χ3v) is 5.49. The van der Waals surface area contributed by atoms with Gasteiger partial charge in [-0.2, -0.15) is 0 Å². The molecule has 5 rings (SSSR count). The summed E-state index contributed by atoms with van der Waals surface area (Å²) in [7, 11) is 0. The molecule has 0 aliphatic heterocycles. The number of ether oxygens (including phenoxy) is 1. The first-order valence-corrected chi connectivity index (χ1v) is 10.8. The number of benzene rings is 4. The molecule has 160 valence electrons. The molecule has 4 nitrogen and oxygen atoms in total. The van der Waals surface area contributed by atoms with Crippen LogP contribution in [0.5, 0.6) is 11.5 Å². The first-order valence-electron chi connectivity index (χ1n) is 10.8. The van der Waals surface area contributed by atoms with Crippen molar-refractivity contribution in [3.8, 4) is 22.8 Å². The van der Waals surface area contributed by atoms with Crippen molar-refractivity contribution in [2.75, 3.05) is 5.32 Å². The van der Waals surface area contributed by atoms with Gasteiger partial charge in [-0.1, -0.05) is 72.8 Å². The molecule has 0 atom stereocenters. The molecule has 0 bridgehead atoms. The molecule has 0 aliphatic carbocycles. The summed E-state index contributed by atoms with van der Waals surface area (Å²) >= 11 is 0. The van der Waals surface area contributed by atoms with Gasteiger partial charge in [-0.15, -0.1) is 0 Å². The maximum Gasteiger partial charge on any atom is 0.256 e. The quantitative estimate of drug-likeness (QED) is 0.319. The maximum absolute atomic E-state index is 13.5. The minimum absolute atomic E-state index is 0.215. The average Bonchev–Trinajstić information content (AvgIpc) is 2.85. The molecular formula is C29H22N2O2. The molecule has 0 aliphatic rings. The van der Waals surface area contributed by atoms with E-state index >= 15 is 0 Å². The number of hydrogen-bond acceptors (Lipinski definition) is 3. The van der Waals surface area contributed by atoms with Crippen LogP contribution in [0.25, 0.3) is 22.2 Å². The summed E-state index contributed by atoms with van der Waals surface area (Å²) in [6.45, 7) is 2.04. The number of aromatic nitrogens is 1. The van der Waals surface area contributed by atoms with Gasteiger partial charge in [0.25, 0.3) is 5.91 Å². The Hall–Kier alpha value is -4.44. The largest absolute Gasteiger partial charge is 0.455 e. The summed E-state index contributed by atoms with van der Waals surface area (Å²) in [4.78, 5) is 18.3. The SMILES string of the molecule is Cc1ccccc1-c1cc(C(=O)Nc2ccccc2Oc2ccccc2)c2ccccc2n1. The molecule has 0 unspecified atom stereocenters. The van der Waals surface area contributed by atoms with Crippen molar-refractivity contribution in [1.82, 2.24) is 4.98 Å². The number of nitrogens with one attached hydrogen (secondary N) is 1. The first kappa shape index (κ1) is 20.5. The van der Waals surface area contributed by atoms with Gasteiger partial charge >= 0.3 is 0 Å². The van der Waals surface area contributed by atoms with Crippen LogP contribution < -0.4 is 10.1 Å².